The molecule has 2 heteroatoms. The largest absolute Gasteiger partial charge is 0.279 e. The standard InChI is InChI=1S/C15H29NS/c1-4-6-7-8-9-10-11-12-15-16-13(3)14(5-2)17-15/h14-15H,4-12H2,1-3H3/t14-,15-/m1/s1. The molecule has 1 rings (SSSR count). The highest BCUT2D eigenvalue weighted by molar-refractivity contribution is 8.01. The van der Waals surface area contributed by atoms with E-state index in [0.717, 1.165) is 0 Å². The number of aliphatic imine (C=N–C) groups is 1. The molecule has 0 radical (unpaired) electrons. The van der Waals surface area contributed by atoms with Crippen LogP contribution in [0.1, 0.15) is 78.6 Å². The van der Waals surface area contributed by atoms with Crippen molar-refractivity contribution in [2.75, 3.05) is 0 Å². The molecule has 100 valence electrons. The summed E-state index contributed by atoms with van der Waals surface area (Å²) in [7, 11) is 0. The van der Waals surface area contributed by atoms with Crippen LogP contribution in [0.2, 0.25) is 0 Å². The van der Waals surface area contributed by atoms with Gasteiger partial charge in [0.1, 0.15) is 0 Å². The van der Waals surface area contributed by atoms with Gasteiger partial charge in [-0.05, 0) is 19.8 Å². The van der Waals surface area contributed by atoms with Gasteiger partial charge in [-0.25, -0.2) is 0 Å². The molecule has 17 heavy (non-hydrogen) atoms. The Bertz CT molecular complexity index is 225. The number of nitrogens with zero attached hydrogens (tertiary/aromatic N) is 1. The molecule has 0 aliphatic carbocycles. The molecule has 0 saturated heterocycles. The summed E-state index contributed by atoms with van der Waals surface area (Å²) in [6, 6.07) is 0. The van der Waals surface area contributed by atoms with Crippen molar-refractivity contribution in [3.05, 3.63) is 0 Å². The maximum Gasteiger partial charge on any atom is 0.0957 e. The van der Waals surface area contributed by atoms with E-state index in [0.29, 0.717) is 10.6 Å². The summed E-state index contributed by atoms with van der Waals surface area (Å²) in [5.41, 5.74) is 1.38. The highest BCUT2D eigenvalue weighted by Crippen LogP contribution is 2.32. The summed E-state index contributed by atoms with van der Waals surface area (Å²) < 4.78 is 0. The third kappa shape index (κ3) is 5.94. The molecule has 1 heterocycles. The minimum Gasteiger partial charge on any atom is -0.279 e. The number of rotatable bonds is 9. The maximum atomic E-state index is 4.77. The Labute approximate surface area is 112 Å². The molecule has 0 aromatic rings. The van der Waals surface area contributed by atoms with Crippen molar-refractivity contribution in [1.29, 1.82) is 0 Å². The molecule has 2 atom stereocenters. The second-order valence-electron chi connectivity index (χ2n) is 5.17. The lowest BCUT2D eigenvalue weighted by Gasteiger charge is -2.09. The molecule has 0 unspecified atom stereocenters. The average molecular weight is 255 g/mol. The molecule has 0 aromatic carbocycles. The van der Waals surface area contributed by atoms with Crippen LogP contribution < -0.4 is 0 Å². The predicted molar refractivity (Wildman–Crippen MR) is 81.2 cm³/mol. The lowest BCUT2D eigenvalue weighted by atomic mass is 10.1. The van der Waals surface area contributed by atoms with Crippen LogP contribution in [-0.4, -0.2) is 16.3 Å². The first-order valence-corrected chi connectivity index (χ1v) is 8.42. The van der Waals surface area contributed by atoms with Crippen LogP contribution in [0.15, 0.2) is 4.99 Å². The second kappa shape index (κ2) is 9.02. The zero-order valence-corrected chi connectivity index (χ0v) is 12.7. The van der Waals surface area contributed by atoms with Crippen LogP contribution in [0.25, 0.3) is 0 Å². The van der Waals surface area contributed by atoms with Crippen LogP contribution in [0.3, 0.4) is 0 Å². The summed E-state index contributed by atoms with van der Waals surface area (Å²) >= 11 is 2.09. The Kier molecular flexibility index (Phi) is 8.00. The fourth-order valence-electron chi connectivity index (χ4n) is 2.43. The third-order valence-corrected chi connectivity index (χ3v) is 5.22. The molecule has 0 aromatic heterocycles. The summed E-state index contributed by atoms with van der Waals surface area (Å²) in [5, 5.41) is 1.29. The van der Waals surface area contributed by atoms with Gasteiger partial charge in [0.05, 0.1) is 5.37 Å². The molecule has 0 saturated carbocycles. The van der Waals surface area contributed by atoms with Gasteiger partial charge in [-0.2, -0.15) is 0 Å². The monoisotopic (exact) mass is 255 g/mol. The Balaban J connectivity index is 1.97. The normalized spacial score (nSPS) is 24.1. The Hall–Kier alpha value is 0.0200. The molecular weight excluding hydrogens is 226 g/mol. The van der Waals surface area contributed by atoms with Gasteiger partial charge >= 0.3 is 0 Å². The van der Waals surface area contributed by atoms with Gasteiger partial charge in [0.2, 0.25) is 0 Å². The fraction of sp³-hybridized carbons (Fsp3) is 0.933. The summed E-state index contributed by atoms with van der Waals surface area (Å²) in [6.45, 7) is 6.75. The minimum absolute atomic E-state index is 0.579. The molecule has 0 spiro atoms. The summed E-state index contributed by atoms with van der Waals surface area (Å²) in [5.74, 6) is 0. The van der Waals surface area contributed by atoms with Crippen molar-refractivity contribution in [2.45, 2.75) is 89.2 Å². The van der Waals surface area contributed by atoms with E-state index in [4.69, 9.17) is 4.99 Å². The van der Waals surface area contributed by atoms with E-state index in [2.05, 4.69) is 32.5 Å². The van der Waals surface area contributed by atoms with E-state index >= 15 is 0 Å². The summed E-state index contributed by atoms with van der Waals surface area (Å²) in [6.07, 6.45) is 12.4. The first kappa shape index (κ1) is 15.1. The van der Waals surface area contributed by atoms with E-state index in [1.807, 2.05) is 0 Å². The fourth-order valence-corrected chi connectivity index (χ4v) is 3.79. The van der Waals surface area contributed by atoms with Gasteiger partial charge in [-0.1, -0.05) is 58.8 Å². The lowest BCUT2D eigenvalue weighted by Crippen LogP contribution is -2.06. The zero-order chi connectivity index (χ0) is 12.5. The molecule has 1 aliphatic rings. The topological polar surface area (TPSA) is 12.4 Å². The van der Waals surface area contributed by atoms with E-state index in [-0.39, 0.29) is 0 Å². The van der Waals surface area contributed by atoms with Crippen molar-refractivity contribution in [1.82, 2.24) is 0 Å². The molecule has 0 fully saturated rings. The van der Waals surface area contributed by atoms with Gasteiger partial charge in [0.15, 0.2) is 0 Å². The zero-order valence-electron chi connectivity index (χ0n) is 11.9. The van der Waals surface area contributed by atoms with E-state index in [1.54, 1.807) is 0 Å². The Morgan fingerprint density at radius 2 is 1.65 bits per heavy atom. The first-order valence-electron chi connectivity index (χ1n) is 7.47. The lowest BCUT2D eigenvalue weighted by molar-refractivity contribution is 0.573. The first-order chi connectivity index (χ1) is 8.27. The third-order valence-electron chi connectivity index (χ3n) is 3.56. The van der Waals surface area contributed by atoms with Gasteiger partial charge in [0.25, 0.3) is 0 Å². The van der Waals surface area contributed by atoms with Crippen LogP contribution in [0.5, 0.6) is 0 Å². The maximum absolute atomic E-state index is 4.77. The van der Waals surface area contributed by atoms with Gasteiger partial charge in [-0.3, -0.25) is 4.99 Å². The average Bonchev–Trinajstić information content (AvgIpc) is 2.68. The SMILES string of the molecule is CCCCCCCCC[C@@H]1N=C(C)[C@@H](CC)S1. The molecule has 0 amide bonds. The van der Waals surface area contributed by atoms with E-state index < -0.39 is 0 Å². The molecule has 1 aliphatic heterocycles. The van der Waals surface area contributed by atoms with Crippen LogP contribution in [0, 0.1) is 0 Å². The van der Waals surface area contributed by atoms with Gasteiger partial charge in [-0.15, -0.1) is 11.8 Å². The van der Waals surface area contributed by atoms with E-state index in [9.17, 15) is 0 Å². The van der Waals surface area contributed by atoms with Gasteiger partial charge in [0, 0.05) is 11.0 Å². The molecule has 0 N–H and O–H groups in total. The Morgan fingerprint density at radius 1 is 1.00 bits per heavy atom. The van der Waals surface area contributed by atoms with Crippen molar-refractivity contribution in [2.24, 2.45) is 4.99 Å². The van der Waals surface area contributed by atoms with Gasteiger partial charge < -0.3 is 0 Å². The summed E-state index contributed by atoms with van der Waals surface area (Å²) in [4.78, 5) is 4.77. The minimum atomic E-state index is 0.579. The van der Waals surface area contributed by atoms with E-state index in [1.165, 1.54) is 63.5 Å². The smallest absolute Gasteiger partial charge is 0.0957 e. The van der Waals surface area contributed by atoms with Crippen molar-refractivity contribution < 1.29 is 0 Å². The molecule has 1 nitrogen and oxygen atoms in total. The van der Waals surface area contributed by atoms with Crippen molar-refractivity contribution in [3.63, 3.8) is 0 Å². The Morgan fingerprint density at radius 3 is 2.24 bits per heavy atom. The quantitative estimate of drug-likeness (QED) is 0.500. The number of unbranched alkanes of at least 4 members (excludes halogenated alkanes) is 6. The van der Waals surface area contributed by atoms with Crippen LogP contribution in [0.4, 0.5) is 0 Å². The van der Waals surface area contributed by atoms with Crippen LogP contribution in [-0.2, 0) is 0 Å². The molecule has 0 bridgehead atoms. The highest BCUT2D eigenvalue weighted by atomic mass is 32.2. The van der Waals surface area contributed by atoms with Crippen molar-refractivity contribution >= 4 is 17.5 Å². The van der Waals surface area contributed by atoms with Crippen molar-refractivity contribution in [3.8, 4) is 0 Å². The molecular formula is C15H29NS. The number of hydrogen-bond acceptors (Lipinski definition) is 2. The second-order valence-corrected chi connectivity index (χ2v) is 6.55. The highest BCUT2D eigenvalue weighted by Gasteiger charge is 2.23. The van der Waals surface area contributed by atoms with Crippen LogP contribution >= 0.6 is 11.8 Å². The predicted octanol–water partition coefficient (Wildman–Crippen LogP) is 5.44. The number of thioether (sulfide) groups is 1. The number of hydrogen-bond donors (Lipinski definition) is 0.